The molecule has 33 heavy (non-hydrogen) atoms. The van der Waals surface area contributed by atoms with Gasteiger partial charge >= 0.3 is 6.18 Å². The molecule has 5 rings (SSSR count). The van der Waals surface area contributed by atoms with E-state index >= 15 is 0 Å². The van der Waals surface area contributed by atoms with E-state index in [9.17, 15) is 22.8 Å². The third-order valence-corrected chi connectivity index (χ3v) is 6.04. The van der Waals surface area contributed by atoms with Gasteiger partial charge in [0.2, 0.25) is 0 Å². The molecule has 0 saturated heterocycles. The second-order valence-corrected chi connectivity index (χ2v) is 8.30. The lowest BCUT2D eigenvalue weighted by atomic mass is 10.1. The molecule has 1 aliphatic heterocycles. The van der Waals surface area contributed by atoms with Crippen molar-refractivity contribution in [2.45, 2.75) is 39.2 Å². The Morgan fingerprint density at radius 3 is 2.67 bits per heavy atom. The van der Waals surface area contributed by atoms with E-state index in [2.05, 4.69) is 9.97 Å². The minimum absolute atomic E-state index is 0.210. The number of imidazole rings is 1. The number of pyridine rings is 1. The molecule has 0 fully saturated rings. The molecule has 3 aromatic heterocycles. The molecule has 1 atom stereocenters. The number of aryl methyl sites for hydroxylation is 1. The summed E-state index contributed by atoms with van der Waals surface area (Å²) in [5.41, 5.74) is 1.50. The van der Waals surface area contributed by atoms with Crippen molar-refractivity contribution in [1.29, 1.82) is 0 Å². The van der Waals surface area contributed by atoms with Crippen molar-refractivity contribution in [1.82, 2.24) is 24.0 Å². The van der Waals surface area contributed by atoms with E-state index in [-0.39, 0.29) is 29.7 Å². The number of amides is 1. The number of hydrogen-bond acceptors (Lipinski definition) is 3. The number of aromatic nitrogens is 4. The molecule has 170 valence electrons. The number of rotatable bonds is 3. The van der Waals surface area contributed by atoms with E-state index < -0.39 is 11.7 Å². The quantitative estimate of drug-likeness (QED) is 0.509. The standard InChI is InChI=1S/C23H20F3N5O2/c1-13-9-29(12-28-13)19-5-6-20-22(33)30(14(2)10-31(20)21(19)32)11-15-8-27-18-7-16(23(24,25)26)3-4-17(15)18/h3-9,12,14,27H,10-11H2,1-2H3/t14-/m1/s1. The fourth-order valence-electron chi connectivity index (χ4n) is 4.30. The van der Waals surface area contributed by atoms with Crippen LogP contribution in [0.4, 0.5) is 13.2 Å². The van der Waals surface area contributed by atoms with Crippen molar-refractivity contribution >= 4 is 16.8 Å². The van der Waals surface area contributed by atoms with Crippen LogP contribution in [-0.2, 0) is 19.3 Å². The molecule has 1 N–H and O–H groups in total. The number of carbonyl (C=O) groups excluding carboxylic acids is 1. The number of nitrogens with zero attached hydrogens (tertiary/aromatic N) is 4. The monoisotopic (exact) mass is 455 g/mol. The molecule has 0 bridgehead atoms. The highest BCUT2D eigenvalue weighted by molar-refractivity contribution is 5.94. The summed E-state index contributed by atoms with van der Waals surface area (Å²) in [6.07, 6.45) is 0.491. The maximum Gasteiger partial charge on any atom is 0.416 e. The molecule has 4 aromatic rings. The summed E-state index contributed by atoms with van der Waals surface area (Å²) in [5.74, 6) is -0.305. The highest BCUT2D eigenvalue weighted by Crippen LogP contribution is 2.32. The number of aromatic amines is 1. The Balaban J connectivity index is 1.47. The Labute approximate surface area is 186 Å². The fourth-order valence-corrected chi connectivity index (χ4v) is 4.30. The highest BCUT2D eigenvalue weighted by Gasteiger charge is 2.33. The van der Waals surface area contributed by atoms with Crippen molar-refractivity contribution in [3.8, 4) is 5.69 Å². The van der Waals surface area contributed by atoms with Crippen LogP contribution in [0, 0.1) is 6.92 Å². The summed E-state index contributed by atoms with van der Waals surface area (Å²) >= 11 is 0. The number of alkyl halides is 3. The van der Waals surface area contributed by atoms with E-state index in [1.165, 1.54) is 10.6 Å². The first-order chi connectivity index (χ1) is 15.6. The molecule has 0 aliphatic carbocycles. The molecule has 0 saturated carbocycles. The van der Waals surface area contributed by atoms with Crippen molar-refractivity contribution < 1.29 is 18.0 Å². The number of fused-ring (bicyclic) bond motifs is 2. The van der Waals surface area contributed by atoms with Crippen LogP contribution in [0.2, 0.25) is 0 Å². The summed E-state index contributed by atoms with van der Waals surface area (Å²) in [7, 11) is 0. The molecule has 0 spiro atoms. The minimum atomic E-state index is -4.43. The number of H-pyrrole nitrogens is 1. The summed E-state index contributed by atoms with van der Waals surface area (Å²) < 4.78 is 42.1. The van der Waals surface area contributed by atoms with Gasteiger partial charge in [-0.1, -0.05) is 6.07 Å². The molecular weight excluding hydrogens is 435 g/mol. The second kappa shape index (κ2) is 7.36. The van der Waals surface area contributed by atoms with E-state index in [0.717, 1.165) is 17.8 Å². The van der Waals surface area contributed by atoms with Crippen LogP contribution in [0.3, 0.4) is 0 Å². The van der Waals surface area contributed by atoms with Crippen molar-refractivity contribution in [3.05, 3.63) is 81.9 Å². The normalized spacial score (nSPS) is 16.5. The van der Waals surface area contributed by atoms with E-state index in [1.54, 1.807) is 40.3 Å². The minimum Gasteiger partial charge on any atom is -0.361 e. The molecular formula is C23H20F3N5O2. The number of carbonyl (C=O) groups is 1. The van der Waals surface area contributed by atoms with Crippen LogP contribution >= 0.6 is 0 Å². The van der Waals surface area contributed by atoms with Gasteiger partial charge in [-0.25, -0.2) is 4.98 Å². The maximum atomic E-state index is 13.3. The molecule has 10 heteroatoms. The van der Waals surface area contributed by atoms with Crippen LogP contribution in [0.1, 0.15) is 34.2 Å². The first kappa shape index (κ1) is 21.0. The van der Waals surface area contributed by atoms with Gasteiger partial charge in [0.25, 0.3) is 11.5 Å². The van der Waals surface area contributed by atoms with Gasteiger partial charge in [-0.3, -0.25) is 9.59 Å². The van der Waals surface area contributed by atoms with Crippen LogP contribution in [0.25, 0.3) is 16.6 Å². The van der Waals surface area contributed by atoms with Gasteiger partial charge in [0, 0.05) is 42.4 Å². The SMILES string of the molecule is Cc1cn(-c2ccc3n(c2=O)C[C@@H](C)N(Cc2c[nH]c4cc(C(F)(F)F)ccc24)C3=O)cn1. The molecule has 7 nitrogen and oxygen atoms in total. The summed E-state index contributed by atoms with van der Waals surface area (Å²) in [5, 5.41) is 0.622. The number of nitrogens with one attached hydrogen (secondary N) is 1. The first-order valence-electron chi connectivity index (χ1n) is 10.4. The lowest BCUT2D eigenvalue weighted by molar-refractivity contribution is -0.137. The van der Waals surface area contributed by atoms with Crippen LogP contribution in [-0.4, -0.2) is 36.0 Å². The molecule has 1 aromatic carbocycles. The average molecular weight is 455 g/mol. The van der Waals surface area contributed by atoms with Crippen LogP contribution in [0.5, 0.6) is 0 Å². The third-order valence-electron chi connectivity index (χ3n) is 6.04. The van der Waals surface area contributed by atoms with E-state index in [0.29, 0.717) is 28.7 Å². The number of hydrogen-bond donors (Lipinski definition) is 1. The fraction of sp³-hybridized carbons (Fsp3) is 0.261. The van der Waals surface area contributed by atoms with Gasteiger partial charge in [-0.15, -0.1) is 0 Å². The maximum absolute atomic E-state index is 13.3. The zero-order chi connectivity index (χ0) is 23.5. The van der Waals surface area contributed by atoms with Crippen LogP contribution in [0.15, 0.2) is 53.8 Å². The lowest BCUT2D eigenvalue weighted by Gasteiger charge is -2.35. The molecule has 4 heterocycles. The van der Waals surface area contributed by atoms with Gasteiger partial charge in [-0.2, -0.15) is 13.2 Å². The molecule has 0 radical (unpaired) electrons. The predicted octanol–water partition coefficient (Wildman–Crippen LogP) is 3.89. The first-order valence-corrected chi connectivity index (χ1v) is 10.4. The van der Waals surface area contributed by atoms with Crippen molar-refractivity contribution in [3.63, 3.8) is 0 Å². The smallest absolute Gasteiger partial charge is 0.361 e. The average Bonchev–Trinajstić information content (AvgIpc) is 3.37. The van der Waals surface area contributed by atoms with Gasteiger partial charge in [0.05, 0.1) is 17.6 Å². The Hall–Kier alpha value is -3.82. The zero-order valence-corrected chi connectivity index (χ0v) is 17.8. The van der Waals surface area contributed by atoms with Crippen molar-refractivity contribution in [2.75, 3.05) is 0 Å². The molecule has 0 unspecified atom stereocenters. The highest BCUT2D eigenvalue weighted by atomic mass is 19.4. The predicted molar refractivity (Wildman–Crippen MR) is 115 cm³/mol. The summed E-state index contributed by atoms with van der Waals surface area (Å²) in [6.45, 7) is 4.19. The molecule has 1 amide bonds. The van der Waals surface area contributed by atoms with Crippen molar-refractivity contribution in [2.24, 2.45) is 0 Å². The largest absolute Gasteiger partial charge is 0.416 e. The molecule has 1 aliphatic rings. The topological polar surface area (TPSA) is 75.9 Å². The van der Waals surface area contributed by atoms with Gasteiger partial charge in [-0.05, 0) is 43.7 Å². The van der Waals surface area contributed by atoms with Gasteiger partial charge in [0.15, 0.2) is 0 Å². The summed E-state index contributed by atoms with van der Waals surface area (Å²) in [6, 6.07) is 6.45. The zero-order valence-electron chi connectivity index (χ0n) is 17.8. The Morgan fingerprint density at radius 2 is 1.97 bits per heavy atom. The third kappa shape index (κ3) is 3.51. The lowest BCUT2D eigenvalue weighted by Crippen LogP contribution is -2.49. The van der Waals surface area contributed by atoms with Crippen LogP contribution < -0.4 is 5.56 Å². The second-order valence-electron chi connectivity index (χ2n) is 8.30. The van der Waals surface area contributed by atoms with E-state index in [1.807, 2.05) is 13.8 Å². The summed E-state index contributed by atoms with van der Waals surface area (Å²) in [4.78, 5) is 35.0. The Kier molecular flexibility index (Phi) is 4.70. The van der Waals surface area contributed by atoms with Gasteiger partial charge < -0.3 is 19.0 Å². The Bertz CT molecular complexity index is 1450. The number of halogens is 3. The van der Waals surface area contributed by atoms with E-state index in [4.69, 9.17) is 0 Å². The number of benzene rings is 1. The Morgan fingerprint density at radius 1 is 1.18 bits per heavy atom. The van der Waals surface area contributed by atoms with Gasteiger partial charge in [0.1, 0.15) is 11.4 Å².